The van der Waals surface area contributed by atoms with Crippen molar-refractivity contribution in [1.29, 1.82) is 0 Å². The van der Waals surface area contributed by atoms with Crippen LogP contribution in [0.15, 0.2) is 12.1 Å². The SMILES string of the molecule is CC1ON(C)C(=O)C1C(O)c1cc(C(C)(C)C)c(O)c(C(C)(C)C)c1. The summed E-state index contributed by atoms with van der Waals surface area (Å²) in [5.74, 6) is -0.631. The first-order chi connectivity index (χ1) is 11.2. The third-order valence-electron chi connectivity index (χ3n) is 4.86. The average Bonchev–Trinajstić information content (AvgIpc) is 2.69. The zero-order valence-electron chi connectivity index (χ0n) is 16.5. The van der Waals surface area contributed by atoms with E-state index in [-0.39, 0.29) is 22.5 Å². The first kappa shape index (κ1) is 19.7. The number of amides is 1. The number of aliphatic hydroxyl groups is 1. The van der Waals surface area contributed by atoms with Crippen molar-refractivity contribution in [3.8, 4) is 5.75 Å². The van der Waals surface area contributed by atoms with Gasteiger partial charge in [0.25, 0.3) is 5.91 Å². The van der Waals surface area contributed by atoms with Crippen LogP contribution in [0.2, 0.25) is 0 Å². The zero-order valence-corrected chi connectivity index (χ0v) is 16.5. The standard InChI is InChI=1S/C20H31NO4/c1-11-15(18(24)21(8)25-11)16(22)12-9-13(19(2,3)4)17(23)14(10-12)20(5,6)7/h9-11,15-16,22-23H,1-8H3. The van der Waals surface area contributed by atoms with Crippen molar-refractivity contribution in [2.75, 3.05) is 7.05 Å². The highest BCUT2D eigenvalue weighted by molar-refractivity contribution is 5.80. The minimum atomic E-state index is -0.991. The molecular formula is C20H31NO4. The molecule has 0 saturated carbocycles. The number of phenols is 1. The molecule has 1 aliphatic heterocycles. The van der Waals surface area contributed by atoms with E-state index >= 15 is 0 Å². The minimum absolute atomic E-state index is 0.234. The predicted octanol–water partition coefficient (Wildman–Crippen LogP) is 3.43. The van der Waals surface area contributed by atoms with Crippen molar-refractivity contribution in [1.82, 2.24) is 5.06 Å². The summed E-state index contributed by atoms with van der Waals surface area (Å²) < 4.78 is 0. The van der Waals surface area contributed by atoms with E-state index in [0.717, 1.165) is 11.1 Å². The molecule has 0 radical (unpaired) electrons. The van der Waals surface area contributed by atoms with Gasteiger partial charge < -0.3 is 10.2 Å². The summed E-state index contributed by atoms with van der Waals surface area (Å²) in [7, 11) is 1.56. The lowest BCUT2D eigenvalue weighted by Gasteiger charge is -2.30. The van der Waals surface area contributed by atoms with Crippen LogP contribution in [-0.2, 0) is 20.5 Å². The Balaban J connectivity index is 2.60. The van der Waals surface area contributed by atoms with E-state index in [1.165, 1.54) is 5.06 Å². The van der Waals surface area contributed by atoms with Crippen LogP contribution >= 0.6 is 0 Å². The van der Waals surface area contributed by atoms with Gasteiger partial charge in [0.1, 0.15) is 5.75 Å². The molecule has 25 heavy (non-hydrogen) atoms. The van der Waals surface area contributed by atoms with Gasteiger partial charge in [0, 0.05) is 7.05 Å². The van der Waals surface area contributed by atoms with Gasteiger partial charge in [-0.25, -0.2) is 5.06 Å². The molecule has 1 aromatic carbocycles. The summed E-state index contributed by atoms with van der Waals surface area (Å²) in [6.45, 7) is 13.9. The van der Waals surface area contributed by atoms with Crippen molar-refractivity contribution < 1.29 is 19.8 Å². The van der Waals surface area contributed by atoms with Crippen molar-refractivity contribution >= 4 is 5.91 Å². The second-order valence-corrected chi connectivity index (χ2v) is 9.08. The van der Waals surface area contributed by atoms with Crippen molar-refractivity contribution in [3.63, 3.8) is 0 Å². The Morgan fingerprint density at radius 2 is 1.52 bits per heavy atom. The Morgan fingerprint density at radius 3 is 1.84 bits per heavy atom. The van der Waals surface area contributed by atoms with Crippen LogP contribution in [0, 0.1) is 5.92 Å². The Morgan fingerprint density at radius 1 is 1.08 bits per heavy atom. The number of benzene rings is 1. The van der Waals surface area contributed by atoms with E-state index < -0.39 is 18.1 Å². The Bertz CT molecular complexity index is 634. The highest BCUT2D eigenvalue weighted by atomic mass is 16.7. The summed E-state index contributed by atoms with van der Waals surface area (Å²) in [4.78, 5) is 17.8. The minimum Gasteiger partial charge on any atom is -0.507 e. The molecule has 0 aliphatic carbocycles. The smallest absolute Gasteiger partial charge is 0.254 e. The fourth-order valence-corrected chi connectivity index (χ4v) is 3.35. The number of nitrogens with zero attached hydrogens (tertiary/aromatic N) is 1. The molecule has 5 nitrogen and oxygen atoms in total. The number of phenolic OH excluding ortho intramolecular Hbond substituents is 1. The van der Waals surface area contributed by atoms with E-state index in [0.29, 0.717) is 5.56 Å². The van der Waals surface area contributed by atoms with Gasteiger partial charge in [-0.15, -0.1) is 0 Å². The number of rotatable bonds is 2. The molecule has 1 heterocycles. The number of hydrogen-bond donors (Lipinski definition) is 2. The molecule has 5 heteroatoms. The number of carbonyl (C=O) groups excluding carboxylic acids is 1. The number of aliphatic hydroxyl groups excluding tert-OH is 1. The van der Waals surface area contributed by atoms with Gasteiger partial charge >= 0.3 is 0 Å². The largest absolute Gasteiger partial charge is 0.507 e. The number of hydroxylamine groups is 2. The molecule has 3 unspecified atom stereocenters. The topological polar surface area (TPSA) is 70.0 Å². The number of hydrogen-bond acceptors (Lipinski definition) is 4. The van der Waals surface area contributed by atoms with Crippen LogP contribution in [-0.4, -0.2) is 34.3 Å². The third-order valence-corrected chi connectivity index (χ3v) is 4.86. The molecule has 3 atom stereocenters. The molecule has 1 saturated heterocycles. The molecule has 2 N–H and O–H groups in total. The quantitative estimate of drug-likeness (QED) is 0.858. The van der Waals surface area contributed by atoms with Crippen molar-refractivity contribution in [3.05, 3.63) is 28.8 Å². The molecule has 0 aromatic heterocycles. The normalized spacial score (nSPS) is 23.2. The van der Waals surface area contributed by atoms with Gasteiger partial charge in [0.05, 0.1) is 18.1 Å². The van der Waals surface area contributed by atoms with E-state index in [1.54, 1.807) is 14.0 Å². The maximum Gasteiger partial charge on any atom is 0.254 e. The van der Waals surface area contributed by atoms with Gasteiger partial charge in [0.15, 0.2) is 0 Å². The molecule has 1 aliphatic rings. The summed E-state index contributed by atoms with van der Waals surface area (Å²) in [5, 5.41) is 22.9. The third kappa shape index (κ3) is 3.67. The fourth-order valence-electron chi connectivity index (χ4n) is 3.35. The lowest BCUT2D eigenvalue weighted by molar-refractivity contribution is -0.162. The van der Waals surface area contributed by atoms with Crippen LogP contribution in [0.25, 0.3) is 0 Å². The monoisotopic (exact) mass is 349 g/mol. The summed E-state index contributed by atoms with van der Waals surface area (Å²) in [5.41, 5.74) is 1.58. The molecule has 2 rings (SSSR count). The average molecular weight is 349 g/mol. The molecule has 1 aromatic rings. The van der Waals surface area contributed by atoms with Gasteiger partial charge in [-0.1, -0.05) is 41.5 Å². The Labute approximate surface area is 150 Å². The van der Waals surface area contributed by atoms with E-state index in [9.17, 15) is 15.0 Å². The molecule has 0 spiro atoms. The van der Waals surface area contributed by atoms with Crippen molar-refractivity contribution in [2.45, 2.75) is 71.5 Å². The second-order valence-electron chi connectivity index (χ2n) is 9.08. The molecule has 1 amide bonds. The van der Waals surface area contributed by atoms with Crippen LogP contribution < -0.4 is 0 Å². The van der Waals surface area contributed by atoms with Gasteiger partial charge in [-0.3, -0.25) is 9.63 Å². The lowest BCUT2D eigenvalue weighted by atomic mass is 9.77. The molecular weight excluding hydrogens is 318 g/mol. The van der Waals surface area contributed by atoms with Gasteiger partial charge in [-0.05, 0) is 46.6 Å². The Kier molecular flexibility index (Phi) is 4.96. The predicted molar refractivity (Wildman–Crippen MR) is 97.3 cm³/mol. The first-order valence-corrected chi connectivity index (χ1v) is 8.75. The zero-order chi connectivity index (χ0) is 19.3. The van der Waals surface area contributed by atoms with Crippen LogP contribution in [0.4, 0.5) is 0 Å². The number of carbonyl (C=O) groups is 1. The molecule has 140 valence electrons. The highest BCUT2D eigenvalue weighted by Gasteiger charge is 2.43. The lowest BCUT2D eigenvalue weighted by Crippen LogP contribution is -2.29. The maximum absolute atomic E-state index is 12.4. The van der Waals surface area contributed by atoms with Crippen molar-refractivity contribution in [2.24, 2.45) is 5.92 Å². The molecule has 0 bridgehead atoms. The van der Waals surface area contributed by atoms with Gasteiger partial charge in [-0.2, -0.15) is 0 Å². The summed E-state index contributed by atoms with van der Waals surface area (Å²) in [6, 6.07) is 3.63. The van der Waals surface area contributed by atoms with Crippen LogP contribution in [0.3, 0.4) is 0 Å². The van der Waals surface area contributed by atoms with Gasteiger partial charge in [0.2, 0.25) is 0 Å². The number of aromatic hydroxyl groups is 1. The van der Waals surface area contributed by atoms with E-state index in [4.69, 9.17) is 4.84 Å². The summed E-state index contributed by atoms with van der Waals surface area (Å²) >= 11 is 0. The van der Waals surface area contributed by atoms with Crippen LogP contribution in [0.1, 0.15) is 71.3 Å². The molecule has 1 fully saturated rings. The first-order valence-electron chi connectivity index (χ1n) is 8.75. The maximum atomic E-state index is 12.4. The van der Waals surface area contributed by atoms with E-state index in [1.807, 2.05) is 53.7 Å². The fraction of sp³-hybridized carbons (Fsp3) is 0.650. The highest BCUT2D eigenvalue weighted by Crippen LogP contribution is 2.42. The van der Waals surface area contributed by atoms with Crippen LogP contribution in [0.5, 0.6) is 5.75 Å². The van der Waals surface area contributed by atoms with E-state index in [2.05, 4.69) is 0 Å². The summed E-state index contributed by atoms with van der Waals surface area (Å²) in [6.07, 6.45) is -1.40. The Hall–Kier alpha value is -1.59. The second kappa shape index (κ2) is 6.29.